The van der Waals surface area contributed by atoms with Gasteiger partial charge in [-0.1, -0.05) is 30.3 Å². The van der Waals surface area contributed by atoms with Gasteiger partial charge in [-0.25, -0.2) is 0 Å². The molecule has 0 aliphatic carbocycles. The third-order valence-corrected chi connectivity index (χ3v) is 3.14. The minimum absolute atomic E-state index is 0.549. The minimum Gasteiger partial charge on any atom is -0.381 e. The Labute approximate surface area is 91.6 Å². The van der Waals surface area contributed by atoms with Crippen molar-refractivity contribution in [1.29, 1.82) is 0 Å². The lowest BCUT2D eigenvalue weighted by Gasteiger charge is -2.19. The summed E-state index contributed by atoms with van der Waals surface area (Å²) in [5.74, 6) is 0.689. The highest BCUT2D eigenvalue weighted by atomic mass is 16.5. The molecule has 1 fully saturated rings. The molecule has 1 aromatic carbocycles. The van der Waals surface area contributed by atoms with Crippen molar-refractivity contribution in [3.8, 4) is 0 Å². The van der Waals surface area contributed by atoms with Crippen LogP contribution in [0.4, 0.5) is 0 Å². The summed E-state index contributed by atoms with van der Waals surface area (Å²) in [6, 6.07) is 11.1. The Morgan fingerprint density at radius 2 is 2.20 bits per heavy atom. The summed E-state index contributed by atoms with van der Waals surface area (Å²) in [4.78, 5) is 0. The van der Waals surface area contributed by atoms with Crippen molar-refractivity contribution in [1.82, 2.24) is 5.32 Å². The predicted molar refractivity (Wildman–Crippen MR) is 61.7 cm³/mol. The van der Waals surface area contributed by atoms with E-state index in [0.717, 1.165) is 19.8 Å². The Morgan fingerprint density at radius 1 is 1.40 bits per heavy atom. The number of hydrogen-bond donors (Lipinski definition) is 1. The molecule has 82 valence electrons. The number of hydrogen-bond acceptors (Lipinski definition) is 2. The lowest BCUT2D eigenvalue weighted by atomic mass is 10.0. The van der Waals surface area contributed by atoms with E-state index < -0.39 is 0 Å². The first-order valence-corrected chi connectivity index (χ1v) is 5.71. The zero-order chi connectivity index (χ0) is 10.5. The zero-order valence-electron chi connectivity index (χ0n) is 9.28. The molecule has 2 unspecified atom stereocenters. The monoisotopic (exact) mass is 205 g/mol. The van der Waals surface area contributed by atoms with Gasteiger partial charge in [-0.05, 0) is 24.8 Å². The van der Waals surface area contributed by atoms with Crippen LogP contribution in [0.1, 0.15) is 18.9 Å². The topological polar surface area (TPSA) is 21.3 Å². The molecule has 0 aromatic heterocycles. The van der Waals surface area contributed by atoms with E-state index in [-0.39, 0.29) is 0 Å². The molecule has 2 rings (SSSR count). The van der Waals surface area contributed by atoms with Gasteiger partial charge in [0, 0.05) is 19.2 Å². The van der Waals surface area contributed by atoms with Crippen LogP contribution in [-0.4, -0.2) is 19.3 Å². The van der Waals surface area contributed by atoms with Crippen LogP contribution >= 0.6 is 0 Å². The average molecular weight is 205 g/mol. The van der Waals surface area contributed by atoms with Gasteiger partial charge in [-0.15, -0.1) is 0 Å². The van der Waals surface area contributed by atoms with Crippen LogP contribution in [0, 0.1) is 5.92 Å². The number of nitrogens with one attached hydrogen (secondary N) is 1. The Kier molecular flexibility index (Phi) is 3.75. The fourth-order valence-corrected chi connectivity index (χ4v) is 1.99. The highest BCUT2D eigenvalue weighted by Crippen LogP contribution is 2.16. The van der Waals surface area contributed by atoms with Gasteiger partial charge in [0.2, 0.25) is 0 Å². The van der Waals surface area contributed by atoms with Crippen LogP contribution in [0.25, 0.3) is 0 Å². The highest BCUT2D eigenvalue weighted by molar-refractivity contribution is 5.14. The second-order valence-corrected chi connectivity index (χ2v) is 4.28. The van der Waals surface area contributed by atoms with Crippen LogP contribution in [0.15, 0.2) is 30.3 Å². The molecule has 0 radical (unpaired) electrons. The molecule has 1 saturated heterocycles. The van der Waals surface area contributed by atoms with E-state index in [1.807, 2.05) is 0 Å². The minimum atomic E-state index is 0.549. The quantitative estimate of drug-likeness (QED) is 0.813. The van der Waals surface area contributed by atoms with Crippen molar-refractivity contribution >= 4 is 0 Å². The van der Waals surface area contributed by atoms with E-state index in [4.69, 9.17) is 4.74 Å². The van der Waals surface area contributed by atoms with Crippen LogP contribution in [0.2, 0.25) is 0 Å². The molecule has 15 heavy (non-hydrogen) atoms. The molecule has 1 aliphatic heterocycles. The van der Waals surface area contributed by atoms with Gasteiger partial charge in [-0.3, -0.25) is 0 Å². The van der Waals surface area contributed by atoms with E-state index in [1.54, 1.807) is 0 Å². The fraction of sp³-hybridized carbons (Fsp3) is 0.538. The summed E-state index contributed by atoms with van der Waals surface area (Å²) in [5, 5.41) is 3.56. The Balaban J connectivity index is 1.77. The first kappa shape index (κ1) is 10.7. The van der Waals surface area contributed by atoms with Crippen molar-refractivity contribution in [2.45, 2.75) is 25.9 Å². The molecule has 1 heterocycles. The first-order chi connectivity index (χ1) is 7.36. The van der Waals surface area contributed by atoms with E-state index in [9.17, 15) is 0 Å². The highest BCUT2D eigenvalue weighted by Gasteiger charge is 2.21. The van der Waals surface area contributed by atoms with Crippen molar-refractivity contribution in [2.75, 3.05) is 13.2 Å². The van der Waals surface area contributed by atoms with Crippen molar-refractivity contribution in [3.05, 3.63) is 35.9 Å². The van der Waals surface area contributed by atoms with Gasteiger partial charge in [0.05, 0.1) is 6.61 Å². The molecular formula is C13H19NO. The number of rotatable bonds is 4. The maximum atomic E-state index is 5.39. The Morgan fingerprint density at radius 3 is 2.87 bits per heavy atom. The van der Waals surface area contributed by atoms with Gasteiger partial charge < -0.3 is 10.1 Å². The van der Waals surface area contributed by atoms with Gasteiger partial charge in [-0.2, -0.15) is 0 Å². The Hall–Kier alpha value is -0.860. The normalized spacial score (nSPS) is 22.9. The molecule has 0 bridgehead atoms. The number of benzene rings is 1. The van der Waals surface area contributed by atoms with Crippen molar-refractivity contribution in [2.24, 2.45) is 5.92 Å². The molecular weight excluding hydrogens is 186 g/mol. The summed E-state index contributed by atoms with van der Waals surface area (Å²) in [6.07, 6.45) is 1.20. The average Bonchev–Trinajstić information content (AvgIpc) is 2.81. The summed E-state index contributed by atoms with van der Waals surface area (Å²) in [6.45, 7) is 5.06. The maximum Gasteiger partial charge on any atom is 0.0509 e. The lowest BCUT2D eigenvalue weighted by molar-refractivity contribution is 0.178. The number of ether oxygens (including phenoxy) is 1. The van der Waals surface area contributed by atoms with Gasteiger partial charge >= 0.3 is 0 Å². The smallest absolute Gasteiger partial charge is 0.0509 e. The van der Waals surface area contributed by atoms with E-state index in [2.05, 4.69) is 42.6 Å². The Bertz CT molecular complexity index is 280. The van der Waals surface area contributed by atoms with Crippen LogP contribution in [0.3, 0.4) is 0 Å². The van der Waals surface area contributed by atoms with Crippen molar-refractivity contribution in [3.63, 3.8) is 0 Å². The first-order valence-electron chi connectivity index (χ1n) is 5.71. The van der Waals surface area contributed by atoms with Crippen molar-refractivity contribution < 1.29 is 4.74 Å². The molecule has 1 aromatic rings. The SMILES string of the molecule is CC(NCc1ccccc1)C1CCOC1. The third-order valence-electron chi connectivity index (χ3n) is 3.14. The van der Waals surface area contributed by atoms with Gasteiger partial charge in [0.15, 0.2) is 0 Å². The van der Waals surface area contributed by atoms with E-state index >= 15 is 0 Å². The molecule has 0 saturated carbocycles. The standard InChI is InChI=1S/C13H19NO/c1-11(13-7-8-15-10-13)14-9-12-5-3-2-4-6-12/h2-6,11,13-14H,7-10H2,1H3. The summed E-state index contributed by atoms with van der Waals surface area (Å²) in [7, 11) is 0. The second kappa shape index (κ2) is 5.29. The molecule has 1 N–H and O–H groups in total. The third kappa shape index (κ3) is 3.05. The van der Waals surface area contributed by atoms with Crippen LogP contribution < -0.4 is 5.32 Å². The second-order valence-electron chi connectivity index (χ2n) is 4.28. The van der Waals surface area contributed by atoms with Gasteiger partial charge in [0.1, 0.15) is 0 Å². The molecule has 1 aliphatic rings. The molecule has 2 nitrogen and oxygen atoms in total. The summed E-state index contributed by atoms with van der Waals surface area (Å²) in [5.41, 5.74) is 1.35. The zero-order valence-corrected chi connectivity index (χ0v) is 9.28. The van der Waals surface area contributed by atoms with Crippen LogP contribution in [0.5, 0.6) is 0 Å². The molecule has 2 atom stereocenters. The largest absolute Gasteiger partial charge is 0.381 e. The fourth-order valence-electron chi connectivity index (χ4n) is 1.99. The summed E-state index contributed by atoms with van der Waals surface area (Å²) >= 11 is 0. The predicted octanol–water partition coefficient (Wildman–Crippen LogP) is 2.20. The summed E-state index contributed by atoms with van der Waals surface area (Å²) < 4.78 is 5.39. The maximum absolute atomic E-state index is 5.39. The molecule has 0 amide bonds. The van der Waals surface area contributed by atoms with Crippen LogP contribution in [-0.2, 0) is 11.3 Å². The molecule has 2 heteroatoms. The molecule has 0 spiro atoms. The lowest BCUT2D eigenvalue weighted by Crippen LogP contribution is -2.33. The van der Waals surface area contributed by atoms with Gasteiger partial charge in [0.25, 0.3) is 0 Å². The van der Waals surface area contributed by atoms with E-state index in [0.29, 0.717) is 12.0 Å². The van der Waals surface area contributed by atoms with E-state index in [1.165, 1.54) is 12.0 Å².